The first-order valence-corrected chi connectivity index (χ1v) is 8.83. The Balaban J connectivity index is 1.83. The van der Waals surface area contributed by atoms with Crippen molar-refractivity contribution in [3.8, 4) is 11.3 Å². The van der Waals surface area contributed by atoms with E-state index in [0.717, 1.165) is 28.6 Å². The van der Waals surface area contributed by atoms with Crippen molar-refractivity contribution >= 4 is 16.8 Å². The van der Waals surface area contributed by atoms with Crippen LogP contribution in [-0.4, -0.2) is 39.9 Å². The molecule has 0 aliphatic carbocycles. The molecule has 2 aromatic heterocycles. The molecule has 1 N–H and O–H groups in total. The quantitative estimate of drug-likeness (QED) is 0.663. The van der Waals surface area contributed by atoms with E-state index in [9.17, 15) is 4.79 Å². The number of nitrogens with one attached hydrogen (secondary N) is 1. The summed E-state index contributed by atoms with van der Waals surface area (Å²) in [6.07, 6.45) is 4.63. The summed E-state index contributed by atoms with van der Waals surface area (Å²) in [5.41, 5.74) is 3.05. The lowest BCUT2D eigenvalue weighted by molar-refractivity contribution is 0.0757. The summed E-state index contributed by atoms with van der Waals surface area (Å²) in [5.74, 6) is -0.0988. The van der Waals surface area contributed by atoms with Gasteiger partial charge in [-0.05, 0) is 32.4 Å². The van der Waals surface area contributed by atoms with Gasteiger partial charge in [0.1, 0.15) is 0 Å². The fourth-order valence-electron chi connectivity index (χ4n) is 2.75. The van der Waals surface area contributed by atoms with Gasteiger partial charge in [-0.25, -0.2) is 4.98 Å². The zero-order valence-electron chi connectivity index (χ0n) is 15.4. The molecule has 0 atom stereocenters. The van der Waals surface area contributed by atoms with Crippen LogP contribution in [0.5, 0.6) is 0 Å². The van der Waals surface area contributed by atoms with Crippen LogP contribution in [0.4, 0.5) is 0 Å². The Labute approximate surface area is 153 Å². The van der Waals surface area contributed by atoms with Gasteiger partial charge in [0, 0.05) is 37.3 Å². The van der Waals surface area contributed by atoms with Gasteiger partial charge in [-0.1, -0.05) is 18.2 Å². The Morgan fingerprint density at radius 2 is 2.12 bits per heavy atom. The number of nitrogens with zero attached hydrogens (tertiary/aromatic N) is 3. The molecule has 0 bridgehead atoms. The van der Waals surface area contributed by atoms with E-state index < -0.39 is 0 Å². The molecular weight excluding hydrogens is 328 g/mol. The van der Waals surface area contributed by atoms with Crippen LogP contribution in [0.15, 0.2) is 42.7 Å². The number of para-hydroxylation sites is 1. The molecule has 3 rings (SSSR count). The number of benzene rings is 1. The first-order chi connectivity index (χ1) is 12.5. The first kappa shape index (κ1) is 18.1. The molecule has 6 nitrogen and oxygen atoms in total. The molecule has 2 heterocycles. The van der Waals surface area contributed by atoms with E-state index in [1.54, 1.807) is 10.9 Å². The third-order valence-corrected chi connectivity index (χ3v) is 4.02. The number of hydrogen-bond acceptors (Lipinski definition) is 4. The molecule has 6 heteroatoms. The van der Waals surface area contributed by atoms with Crippen molar-refractivity contribution in [2.24, 2.45) is 7.05 Å². The molecule has 0 saturated carbocycles. The maximum absolute atomic E-state index is 12.7. The molecular formula is C20H24N4O2. The Bertz CT molecular complexity index is 902. The number of amides is 1. The van der Waals surface area contributed by atoms with Gasteiger partial charge in [-0.3, -0.25) is 9.48 Å². The number of pyridine rings is 1. The topological polar surface area (TPSA) is 69.0 Å². The molecule has 1 amide bonds. The highest BCUT2D eigenvalue weighted by Gasteiger charge is 2.14. The van der Waals surface area contributed by atoms with E-state index in [-0.39, 0.29) is 12.0 Å². The minimum Gasteiger partial charge on any atom is -0.379 e. The lowest BCUT2D eigenvalue weighted by Crippen LogP contribution is -2.26. The second-order valence-electron chi connectivity index (χ2n) is 6.50. The van der Waals surface area contributed by atoms with Crippen LogP contribution >= 0.6 is 0 Å². The van der Waals surface area contributed by atoms with Crippen LogP contribution in [0, 0.1) is 0 Å². The molecule has 0 radical (unpaired) electrons. The summed E-state index contributed by atoms with van der Waals surface area (Å²) in [5, 5.41) is 8.02. The normalized spacial score (nSPS) is 11.2. The highest BCUT2D eigenvalue weighted by molar-refractivity contribution is 6.07. The average molecular weight is 352 g/mol. The van der Waals surface area contributed by atoms with Crippen molar-refractivity contribution in [3.05, 3.63) is 48.3 Å². The summed E-state index contributed by atoms with van der Waals surface area (Å²) in [7, 11) is 1.86. The van der Waals surface area contributed by atoms with Gasteiger partial charge in [0.05, 0.1) is 29.1 Å². The number of ether oxygens (including phenoxy) is 1. The van der Waals surface area contributed by atoms with Crippen LogP contribution in [-0.2, 0) is 11.8 Å². The van der Waals surface area contributed by atoms with E-state index in [0.29, 0.717) is 18.7 Å². The molecule has 0 fully saturated rings. The Morgan fingerprint density at radius 1 is 1.31 bits per heavy atom. The molecule has 0 saturated heterocycles. The minimum atomic E-state index is -0.0988. The van der Waals surface area contributed by atoms with E-state index in [1.807, 2.05) is 57.4 Å². The smallest absolute Gasteiger partial charge is 0.252 e. The fourth-order valence-corrected chi connectivity index (χ4v) is 2.75. The molecule has 136 valence electrons. The standard InChI is InChI=1S/C20H24N4O2/c1-14(2)26-10-6-9-21-20(25)17-11-19(15-12-22-24(3)13-15)23-18-8-5-4-7-16(17)18/h4-5,7-8,11-14H,6,9-10H2,1-3H3,(H,21,25). The predicted molar refractivity (Wildman–Crippen MR) is 102 cm³/mol. The monoisotopic (exact) mass is 352 g/mol. The summed E-state index contributed by atoms with van der Waals surface area (Å²) in [6, 6.07) is 9.52. The summed E-state index contributed by atoms with van der Waals surface area (Å²) < 4.78 is 7.23. The van der Waals surface area contributed by atoms with E-state index in [2.05, 4.69) is 15.4 Å². The number of carbonyl (C=O) groups excluding carboxylic acids is 1. The van der Waals surface area contributed by atoms with E-state index in [1.165, 1.54) is 0 Å². The predicted octanol–water partition coefficient (Wildman–Crippen LogP) is 3.18. The van der Waals surface area contributed by atoms with Crippen LogP contribution < -0.4 is 5.32 Å². The van der Waals surface area contributed by atoms with Gasteiger partial charge < -0.3 is 10.1 Å². The number of fused-ring (bicyclic) bond motifs is 1. The van der Waals surface area contributed by atoms with Crippen LogP contribution in [0.3, 0.4) is 0 Å². The fraction of sp³-hybridized carbons (Fsp3) is 0.350. The third-order valence-electron chi connectivity index (χ3n) is 4.02. The SMILES string of the molecule is CC(C)OCCCNC(=O)c1cc(-c2cnn(C)c2)nc2ccccc12. The molecule has 3 aromatic rings. The molecule has 26 heavy (non-hydrogen) atoms. The number of aryl methyl sites for hydroxylation is 1. The van der Waals surface area contributed by atoms with Gasteiger partial charge >= 0.3 is 0 Å². The van der Waals surface area contributed by atoms with E-state index >= 15 is 0 Å². The Kier molecular flexibility index (Phi) is 5.63. The number of carbonyl (C=O) groups is 1. The molecule has 0 spiro atoms. The average Bonchev–Trinajstić information content (AvgIpc) is 3.06. The van der Waals surface area contributed by atoms with Crippen molar-refractivity contribution in [1.82, 2.24) is 20.1 Å². The zero-order chi connectivity index (χ0) is 18.5. The van der Waals surface area contributed by atoms with Crippen molar-refractivity contribution < 1.29 is 9.53 Å². The van der Waals surface area contributed by atoms with E-state index in [4.69, 9.17) is 4.74 Å². The zero-order valence-corrected chi connectivity index (χ0v) is 15.4. The number of hydrogen-bond donors (Lipinski definition) is 1. The molecule has 0 aliphatic rings. The summed E-state index contributed by atoms with van der Waals surface area (Å²) in [6.45, 7) is 5.21. The molecule has 1 aromatic carbocycles. The summed E-state index contributed by atoms with van der Waals surface area (Å²) >= 11 is 0. The Hall–Kier alpha value is -2.73. The van der Waals surface area contributed by atoms with Crippen molar-refractivity contribution in [3.63, 3.8) is 0 Å². The highest BCUT2D eigenvalue weighted by atomic mass is 16.5. The summed E-state index contributed by atoms with van der Waals surface area (Å²) in [4.78, 5) is 17.4. The second-order valence-corrected chi connectivity index (χ2v) is 6.50. The van der Waals surface area contributed by atoms with Gasteiger partial charge in [0.15, 0.2) is 0 Å². The highest BCUT2D eigenvalue weighted by Crippen LogP contribution is 2.24. The maximum Gasteiger partial charge on any atom is 0.252 e. The first-order valence-electron chi connectivity index (χ1n) is 8.83. The van der Waals surface area contributed by atoms with Crippen LogP contribution in [0.1, 0.15) is 30.6 Å². The number of aromatic nitrogens is 3. The molecule has 0 aliphatic heterocycles. The van der Waals surface area contributed by atoms with Crippen molar-refractivity contribution in [2.75, 3.05) is 13.2 Å². The largest absolute Gasteiger partial charge is 0.379 e. The van der Waals surface area contributed by atoms with Crippen molar-refractivity contribution in [2.45, 2.75) is 26.4 Å². The second kappa shape index (κ2) is 8.10. The van der Waals surface area contributed by atoms with Gasteiger partial charge in [0.25, 0.3) is 5.91 Å². The maximum atomic E-state index is 12.7. The van der Waals surface area contributed by atoms with Gasteiger partial charge in [-0.2, -0.15) is 5.10 Å². The van der Waals surface area contributed by atoms with Gasteiger partial charge in [-0.15, -0.1) is 0 Å². The Morgan fingerprint density at radius 3 is 2.85 bits per heavy atom. The number of rotatable bonds is 7. The third kappa shape index (κ3) is 4.26. The van der Waals surface area contributed by atoms with Gasteiger partial charge in [0.2, 0.25) is 0 Å². The minimum absolute atomic E-state index is 0.0988. The van der Waals surface area contributed by atoms with Crippen LogP contribution in [0.25, 0.3) is 22.2 Å². The molecule has 0 unspecified atom stereocenters. The lowest BCUT2D eigenvalue weighted by Gasteiger charge is -2.11. The van der Waals surface area contributed by atoms with Crippen LogP contribution in [0.2, 0.25) is 0 Å². The van der Waals surface area contributed by atoms with Crippen molar-refractivity contribution in [1.29, 1.82) is 0 Å². The lowest BCUT2D eigenvalue weighted by atomic mass is 10.0.